The Kier molecular flexibility index (Phi) is 4.94. The Morgan fingerprint density at radius 3 is 2.48 bits per heavy atom. The van der Waals surface area contributed by atoms with E-state index in [9.17, 15) is 9.18 Å². The maximum absolute atomic E-state index is 13.2. The maximum atomic E-state index is 13.2. The minimum atomic E-state index is -0.511. The van der Waals surface area contributed by atoms with Crippen LogP contribution in [-0.2, 0) is 0 Å². The van der Waals surface area contributed by atoms with Gasteiger partial charge in [0.15, 0.2) is 11.5 Å². The average molecular weight is 392 g/mol. The first-order chi connectivity index (χ1) is 13.1. The zero-order valence-electron chi connectivity index (χ0n) is 14.6. The van der Waals surface area contributed by atoms with Gasteiger partial charge in [-0.2, -0.15) is 0 Å². The predicted octanol–water partition coefficient (Wildman–Crippen LogP) is 3.60. The largest absolute Gasteiger partial charge is 0.486 e. The molecule has 2 aliphatic heterocycles. The van der Waals surface area contributed by atoms with E-state index in [0.29, 0.717) is 45.1 Å². The van der Waals surface area contributed by atoms with E-state index < -0.39 is 5.82 Å². The monoisotopic (exact) mass is 391 g/mol. The molecule has 2 aliphatic rings. The van der Waals surface area contributed by atoms with Crippen LogP contribution in [0.3, 0.4) is 0 Å². The van der Waals surface area contributed by atoms with Gasteiger partial charge in [0.05, 0.1) is 5.02 Å². The second kappa shape index (κ2) is 7.52. The van der Waals surface area contributed by atoms with Gasteiger partial charge in [-0.3, -0.25) is 0 Å². The highest BCUT2D eigenvalue weighted by Gasteiger charge is 2.23. The standard InChI is InChI=1S/C19H19ClFN3O3/c20-15-11-13(1-3-16(15)21)22-19(25)24-7-5-23(6-8-24)14-2-4-17-18(12-14)27-10-9-26-17/h1-4,11-12H,5-10H2,(H,22,25). The Labute approximate surface area is 161 Å². The molecule has 2 heterocycles. The molecule has 2 aromatic carbocycles. The highest BCUT2D eigenvalue weighted by molar-refractivity contribution is 6.31. The van der Waals surface area contributed by atoms with Crippen LogP contribution < -0.4 is 19.7 Å². The quantitative estimate of drug-likeness (QED) is 0.849. The number of carbonyl (C=O) groups excluding carboxylic acids is 1. The number of nitrogens with one attached hydrogen (secondary N) is 1. The van der Waals surface area contributed by atoms with Crippen molar-refractivity contribution in [3.05, 3.63) is 47.2 Å². The van der Waals surface area contributed by atoms with Gasteiger partial charge in [-0.1, -0.05) is 11.6 Å². The van der Waals surface area contributed by atoms with Crippen LogP contribution in [0.4, 0.5) is 20.6 Å². The van der Waals surface area contributed by atoms with Gasteiger partial charge in [0.2, 0.25) is 0 Å². The molecule has 0 saturated carbocycles. The van der Waals surface area contributed by atoms with E-state index in [-0.39, 0.29) is 11.1 Å². The molecule has 0 aliphatic carbocycles. The third kappa shape index (κ3) is 3.88. The number of nitrogens with zero attached hydrogens (tertiary/aromatic N) is 2. The van der Waals surface area contributed by atoms with Crippen molar-refractivity contribution in [3.63, 3.8) is 0 Å². The minimum Gasteiger partial charge on any atom is -0.486 e. The first-order valence-corrected chi connectivity index (χ1v) is 9.13. The summed E-state index contributed by atoms with van der Waals surface area (Å²) in [5.41, 5.74) is 1.52. The van der Waals surface area contributed by atoms with Crippen LogP contribution in [0.2, 0.25) is 5.02 Å². The molecule has 8 heteroatoms. The van der Waals surface area contributed by atoms with Crippen LogP contribution >= 0.6 is 11.6 Å². The summed E-state index contributed by atoms with van der Waals surface area (Å²) in [6, 6.07) is 9.80. The summed E-state index contributed by atoms with van der Waals surface area (Å²) in [5.74, 6) is 1.01. The number of hydrogen-bond acceptors (Lipinski definition) is 4. The fraction of sp³-hybridized carbons (Fsp3) is 0.316. The molecule has 1 saturated heterocycles. The summed E-state index contributed by atoms with van der Waals surface area (Å²) in [6.07, 6.45) is 0. The fourth-order valence-electron chi connectivity index (χ4n) is 3.17. The number of rotatable bonds is 2. The summed E-state index contributed by atoms with van der Waals surface area (Å²) in [7, 11) is 0. The molecule has 0 unspecified atom stereocenters. The van der Waals surface area contributed by atoms with Crippen LogP contribution in [0.1, 0.15) is 0 Å². The van der Waals surface area contributed by atoms with Crippen molar-refractivity contribution in [3.8, 4) is 11.5 Å². The van der Waals surface area contributed by atoms with Gasteiger partial charge in [0.25, 0.3) is 0 Å². The number of amides is 2. The molecule has 2 amide bonds. The number of benzene rings is 2. The highest BCUT2D eigenvalue weighted by atomic mass is 35.5. The second-order valence-corrected chi connectivity index (χ2v) is 6.77. The lowest BCUT2D eigenvalue weighted by atomic mass is 10.2. The van der Waals surface area contributed by atoms with E-state index in [1.807, 2.05) is 18.2 Å². The van der Waals surface area contributed by atoms with Crippen molar-refractivity contribution in [1.82, 2.24) is 4.90 Å². The van der Waals surface area contributed by atoms with Crippen molar-refractivity contribution < 1.29 is 18.7 Å². The Hall–Kier alpha value is -2.67. The van der Waals surface area contributed by atoms with E-state index in [1.165, 1.54) is 18.2 Å². The topological polar surface area (TPSA) is 54.0 Å². The number of carbonyl (C=O) groups is 1. The molecule has 6 nitrogen and oxygen atoms in total. The molecule has 2 aromatic rings. The highest BCUT2D eigenvalue weighted by Crippen LogP contribution is 2.34. The zero-order chi connectivity index (χ0) is 18.8. The van der Waals surface area contributed by atoms with Crippen molar-refractivity contribution in [2.45, 2.75) is 0 Å². The molecule has 142 valence electrons. The maximum Gasteiger partial charge on any atom is 0.321 e. The average Bonchev–Trinajstić information content (AvgIpc) is 2.70. The number of fused-ring (bicyclic) bond motifs is 1. The van der Waals surface area contributed by atoms with Crippen molar-refractivity contribution >= 4 is 29.0 Å². The molecule has 1 N–H and O–H groups in total. The lowest BCUT2D eigenvalue weighted by Crippen LogP contribution is -2.50. The van der Waals surface area contributed by atoms with Crippen LogP contribution in [0.25, 0.3) is 0 Å². The van der Waals surface area contributed by atoms with Gasteiger partial charge in [-0.05, 0) is 30.3 Å². The number of anilines is 2. The molecule has 0 spiro atoms. The summed E-state index contributed by atoms with van der Waals surface area (Å²) in [6.45, 7) is 3.69. The Morgan fingerprint density at radius 1 is 1.00 bits per heavy atom. The molecule has 0 bridgehead atoms. The fourth-order valence-corrected chi connectivity index (χ4v) is 3.35. The van der Waals surface area contributed by atoms with Gasteiger partial charge >= 0.3 is 6.03 Å². The molecule has 4 rings (SSSR count). The number of urea groups is 1. The summed E-state index contributed by atoms with van der Waals surface area (Å²) in [5, 5.41) is 2.74. The molecule has 0 aromatic heterocycles. The normalized spacial score (nSPS) is 16.2. The van der Waals surface area contributed by atoms with Gasteiger partial charge in [0.1, 0.15) is 19.0 Å². The lowest BCUT2D eigenvalue weighted by Gasteiger charge is -2.36. The van der Waals surface area contributed by atoms with Crippen LogP contribution in [0, 0.1) is 5.82 Å². The second-order valence-electron chi connectivity index (χ2n) is 6.36. The van der Waals surface area contributed by atoms with E-state index in [4.69, 9.17) is 21.1 Å². The van der Waals surface area contributed by atoms with E-state index in [1.54, 1.807) is 4.90 Å². The smallest absolute Gasteiger partial charge is 0.321 e. The first-order valence-electron chi connectivity index (χ1n) is 8.76. The van der Waals surface area contributed by atoms with Gasteiger partial charge in [0, 0.05) is 43.6 Å². The molecule has 1 fully saturated rings. The summed E-state index contributed by atoms with van der Waals surface area (Å²) in [4.78, 5) is 16.4. The van der Waals surface area contributed by atoms with Gasteiger partial charge in [-0.25, -0.2) is 9.18 Å². The summed E-state index contributed by atoms with van der Waals surface area (Å²) >= 11 is 5.75. The molecule has 0 atom stereocenters. The number of halogens is 2. The van der Waals surface area contributed by atoms with Crippen molar-refractivity contribution in [1.29, 1.82) is 0 Å². The van der Waals surface area contributed by atoms with Gasteiger partial charge < -0.3 is 24.6 Å². The van der Waals surface area contributed by atoms with Crippen molar-refractivity contribution in [2.75, 3.05) is 49.6 Å². The third-order valence-electron chi connectivity index (χ3n) is 4.63. The van der Waals surface area contributed by atoms with Crippen LogP contribution in [0.5, 0.6) is 11.5 Å². The lowest BCUT2D eigenvalue weighted by molar-refractivity contribution is 0.171. The molecular formula is C19H19ClFN3O3. The van der Waals surface area contributed by atoms with E-state index >= 15 is 0 Å². The first kappa shape index (κ1) is 17.7. The Balaban J connectivity index is 1.35. The third-order valence-corrected chi connectivity index (χ3v) is 4.92. The predicted molar refractivity (Wildman–Crippen MR) is 102 cm³/mol. The zero-order valence-corrected chi connectivity index (χ0v) is 15.3. The van der Waals surface area contributed by atoms with Crippen LogP contribution in [-0.4, -0.2) is 50.3 Å². The van der Waals surface area contributed by atoms with Crippen LogP contribution in [0.15, 0.2) is 36.4 Å². The summed E-state index contributed by atoms with van der Waals surface area (Å²) < 4.78 is 24.4. The van der Waals surface area contributed by atoms with E-state index in [2.05, 4.69) is 10.2 Å². The van der Waals surface area contributed by atoms with E-state index in [0.717, 1.165) is 17.2 Å². The Morgan fingerprint density at radius 2 is 1.74 bits per heavy atom. The molecule has 0 radical (unpaired) electrons. The SMILES string of the molecule is O=C(Nc1ccc(F)c(Cl)c1)N1CCN(c2ccc3c(c2)OCCO3)CC1. The minimum absolute atomic E-state index is 0.0174. The number of hydrogen-bond donors (Lipinski definition) is 1. The molecular weight excluding hydrogens is 373 g/mol. The van der Waals surface area contributed by atoms with Gasteiger partial charge in [-0.15, -0.1) is 0 Å². The molecule has 27 heavy (non-hydrogen) atoms. The van der Waals surface area contributed by atoms with Crippen molar-refractivity contribution in [2.24, 2.45) is 0 Å². The number of piperazine rings is 1. The number of ether oxygens (including phenoxy) is 2. The Bertz CT molecular complexity index is 856.